The highest BCUT2D eigenvalue weighted by Gasteiger charge is 2.29. The highest BCUT2D eigenvalue weighted by atomic mass is 16.5. The minimum atomic E-state index is -0.0151. The van der Waals surface area contributed by atoms with Gasteiger partial charge in [0.1, 0.15) is 0 Å². The zero-order valence-corrected chi connectivity index (χ0v) is 10.6. The number of aliphatic hydroxyl groups is 1. The first kappa shape index (κ1) is 12.3. The van der Waals surface area contributed by atoms with Gasteiger partial charge in [-0.2, -0.15) is 0 Å². The van der Waals surface area contributed by atoms with Gasteiger partial charge in [-0.1, -0.05) is 0 Å². The molecule has 2 atom stereocenters. The van der Waals surface area contributed by atoms with Crippen molar-refractivity contribution in [3.63, 3.8) is 0 Å². The second kappa shape index (κ2) is 4.98. The molecule has 0 aromatic carbocycles. The van der Waals surface area contributed by atoms with Gasteiger partial charge in [-0.05, 0) is 20.3 Å². The molecule has 1 aliphatic heterocycles. The largest absolute Gasteiger partial charge is 0.392 e. The minimum Gasteiger partial charge on any atom is -0.392 e. The molecule has 0 bridgehead atoms. The van der Waals surface area contributed by atoms with Crippen molar-refractivity contribution in [3.8, 4) is 0 Å². The van der Waals surface area contributed by atoms with Crippen LogP contribution in [-0.2, 0) is 11.3 Å². The van der Waals surface area contributed by atoms with E-state index in [0.29, 0.717) is 12.0 Å². The number of aryl methyl sites for hydroxylation is 1. The van der Waals surface area contributed by atoms with E-state index in [1.54, 1.807) is 6.20 Å². The summed E-state index contributed by atoms with van der Waals surface area (Å²) in [5, 5.41) is 9.09. The summed E-state index contributed by atoms with van der Waals surface area (Å²) in [5.74, 6) is 0.696. The van der Waals surface area contributed by atoms with E-state index in [0.717, 1.165) is 24.3 Å². The number of ether oxygens (including phenoxy) is 1. The lowest BCUT2D eigenvalue weighted by Gasteiger charge is -2.27. The van der Waals surface area contributed by atoms with Crippen LogP contribution < -0.4 is 4.90 Å². The Bertz CT molecular complexity index is 397. The van der Waals surface area contributed by atoms with Gasteiger partial charge < -0.3 is 14.7 Å². The average molecular weight is 237 g/mol. The van der Waals surface area contributed by atoms with Crippen molar-refractivity contribution in [2.75, 3.05) is 18.6 Å². The zero-order valence-electron chi connectivity index (χ0n) is 10.6. The molecule has 5 heteroatoms. The number of likely N-dealkylation sites (N-methyl/N-ethyl adjacent to an activating group) is 1. The molecule has 5 nitrogen and oxygen atoms in total. The predicted molar refractivity (Wildman–Crippen MR) is 64.9 cm³/mol. The molecule has 2 unspecified atom stereocenters. The summed E-state index contributed by atoms with van der Waals surface area (Å²) < 4.78 is 5.55. The fraction of sp³-hybridized carbons (Fsp3) is 0.667. The van der Waals surface area contributed by atoms with Crippen molar-refractivity contribution in [1.82, 2.24) is 9.97 Å². The molecule has 1 N–H and O–H groups in total. The zero-order chi connectivity index (χ0) is 12.4. The summed E-state index contributed by atoms with van der Waals surface area (Å²) in [6, 6.07) is 0.328. The highest BCUT2D eigenvalue weighted by Crippen LogP contribution is 2.22. The number of anilines is 1. The second-order valence-corrected chi connectivity index (χ2v) is 4.48. The predicted octanol–water partition coefficient (Wildman–Crippen LogP) is 0.891. The molecule has 17 heavy (non-hydrogen) atoms. The monoisotopic (exact) mass is 237 g/mol. The van der Waals surface area contributed by atoms with Crippen molar-refractivity contribution >= 4 is 5.95 Å². The van der Waals surface area contributed by atoms with Crippen LogP contribution in [0.15, 0.2) is 6.20 Å². The number of aliphatic hydroxyl groups excluding tert-OH is 1. The summed E-state index contributed by atoms with van der Waals surface area (Å²) in [7, 11) is 1.99. The smallest absolute Gasteiger partial charge is 0.225 e. The Hall–Kier alpha value is -1.20. The molecule has 0 radical (unpaired) electrons. The number of hydrogen-bond acceptors (Lipinski definition) is 5. The van der Waals surface area contributed by atoms with E-state index in [4.69, 9.17) is 9.84 Å². The summed E-state index contributed by atoms with van der Waals surface area (Å²) in [5.41, 5.74) is 1.61. The summed E-state index contributed by atoms with van der Waals surface area (Å²) in [4.78, 5) is 10.8. The number of rotatable bonds is 3. The molecule has 1 saturated heterocycles. The van der Waals surface area contributed by atoms with Crippen LogP contribution in [0.3, 0.4) is 0 Å². The van der Waals surface area contributed by atoms with E-state index in [1.807, 2.05) is 14.0 Å². The molecular weight excluding hydrogens is 218 g/mol. The van der Waals surface area contributed by atoms with Crippen LogP contribution in [0, 0.1) is 6.92 Å². The molecule has 0 aliphatic carbocycles. The molecule has 0 spiro atoms. The van der Waals surface area contributed by atoms with Crippen molar-refractivity contribution in [1.29, 1.82) is 0 Å². The molecule has 1 fully saturated rings. The quantitative estimate of drug-likeness (QED) is 0.846. The van der Waals surface area contributed by atoms with E-state index >= 15 is 0 Å². The molecule has 2 rings (SSSR count). The Kier molecular flexibility index (Phi) is 3.59. The molecule has 1 aliphatic rings. The lowest BCUT2D eigenvalue weighted by molar-refractivity contribution is 0.118. The molecule has 94 valence electrons. The van der Waals surface area contributed by atoms with Crippen molar-refractivity contribution in [3.05, 3.63) is 17.5 Å². The van der Waals surface area contributed by atoms with Crippen LogP contribution in [0.4, 0.5) is 5.95 Å². The van der Waals surface area contributed by atoms with Gasteiger partial charge in [0.25, 0.3) is 0 Å². The Morgan fingerprint density at radius 1 is 1.59 bits per heavy atom. The Morgan fingerprint density at radius 3 is 2.88 bits per heavy atom. The van der Waals surface area contributed by atoms with Crippen LogP contribution in [0.1, 0.15) is 24.6 Å². The summed E-state index contributed by atoms with van der Waals surface area (Å²) in [6.45, 7) is 4.74. The van der Waals surface area contributed by atoms with Gasteiger partial charge in [0.05, 0.1) is 18.8 Å². The molecule has 1 aromatic rings. The van der Waals surface area contributed by atoms with Crippen LogP contribution in [-0.4, -0.2) is 40.9 Å². The third kappa shape index (κ3) is 2.40. The van der Waals surface area contributed by atoms with Gasteiger partial charge in [0.2, 0.25) is 5.95 Å². The van der Waals surface area contributed by atoms with Gasteiger partial charge in [-0.25, -0.2) is 9.97 Å². The van der Waals surface area contributed by atoms with Gasteiger partial charge >= 0.3 is 0 Å². The van der Waals surface area contributed by atoms with Gasteiger partial charge in [-0.15, -0.1) is 0 Å². The average Bonchev–Trinajstić information content (AvgIpc) is 2.74. The molecule has 2 heterocycles. The lowest BCUT2D eigenvalue weighted by Crippen LogP contribution is -2.37. The molecular formula is C12H19N3O2. The number of hydrogen-bond donors (Lipinski definition) is 1. The van der Waals surface area contributed by atoms with Gasteiger partial charge in [0.15, 0.2) is 0 Å². The summed E-state index contributed by atoms with van der Waals surface area (Å²) in [6.07, 6.45) is 2.90. The van der Waals surface area contributed by atoms with Crippen LogP contribution >= 0.6 is 0 Å². The second-order valence-electron chi connectivity index (χ2n) is 4.48. The highest BCUT2D eigenvalue weighted by molar-refractivity contribution is 5.33. The van der Waals surface area contributed by atoms with Crippen LogP contribution in [0.25, 0.3) is 0 Å². The Labute approximate surface area is 101 Å². The third-order valence-corrected chi connectivity index (χ3v) is 3.39. The molecule has 0 saturated carbocycles. The van der Waals surface area contributed by atoms with E-state index in [-0.39, 0.29) is 12.7 Å². The normalized spacial score (nSPS) is 24.0. The fourth-order valence-electron chi connectivity index (χ4n) is 2.18. The van der Waals surface area contributed by atoms with Crippen LogP contribution in [0.2, 0.25) is 0 Å². The van der Waals surface area contributed by atoms with Crippen molar-refractivity contribution < 1.29 is 9.84 Å². The minimum absolute atomic E-state index is 0.0151. The van der Waals surface area contributed by atoms with E-state index < -0.39 is 0 Å². The SMILES string of the molecule is Cc1nc(N(C)C2CCOC2C)ncc1CO. The number of aromatic nitrogens is 2. The van der Waals surface area contributed by atoms with Gasteiger partial charge in [0, 0.05) is 31.1 Å². The standard InChI is InChI=1S/C12H19N3O2/c1-8-10(7-16)6-13-12(14-8)15(3)11-4-5-17-9(11)2/h6,9,11,16H,4-5,7H2,1-3H3. The van der Waals surface area contributed by atoms with Crippen molar-refractivity contribution in [2.45, 2.75) is 39.0 Å². The molecule has 1 aromatic heterocycles. The first-order chi connectivity index (χ1) is 8.13. The molecule has 0 amide bonds. The van der Waals surface area contributed by atoms with Crippen molar-refractivity contribution in [2.24, 2.45) is 0 Å². The van der Waals surface area contributed by atoms with Crippen LogP contribution in [0.5, 0.6) is 0 Å². The Morgan fingerprint density at radius 2 is 2.35 bits per heavy atom. The fourth-order valence-corrected chi connectivity index (χ4v) is 2.18. The first-order valence-corrected chi connectivity index (χ1v) is 5.91. The van der Waals surface area contributed by atoms with E-state index in [9.17, 15) is 0 Å². The maximum absolute atomic E-state index is 9.09. The first-order valence-electron chi connectivity index (χ1n) is 5.91. The lowest BCUT2D eigenvalue weighted by atomic mass is 10.1. The Balaban J connectivity index is 2.19. The summed E-state index contributed by atoms with van der Waals surface area (Å²) >= 11 is 0. The van der Waals surface area contributed by atoms with Gasteiger partial charge in [-0.3, -0.25) is 0 Å². The van der Waals surface area contributed by atoms with E-state index in [2.05, 4.69) is 21.8 Å². The van der Waals surface area contributed by atoms with E-state index in [1.165, 1.54) is 0 Å². The maximum atomic E-state index is 9.09. The maximum Gasteiger partial charge on any atom is 0.225 e. The third-order valence-electron chi connectivity index (χ3n) is 3.39. The topological polar surface area (TPSA) is 58.5 Å². The number of nitrogens with zero attached hydrogens (tertiary/aromatic N) is 3.